The fourth-order valence-corrected chi connectivity index (χ4v) is 2.80. The molecule has 2 aromatic carbocycles. The van der Waals surface area contributed by atoms with E-state index in [0.717, 1.165) is 11.3 Å². The van der Waals surface area contributed by atoms with Crippen molar-refractivity contribution in [2.45, 2.75) is 12.8 Å². The molecule has 0 spiro atoms. The zero-order valence-corrected chi connectivity index (χ0v) is 16.5. The van der Waals surface area contributed by atoms with Crippen LogP contribution >= 0.6 is 0 Å². The number of benzene rings is 2. The Morgan fingerprint density at radius 3 is 2.67 bits per heavy atom. The number of oxazole rings is 1. The van der Waals surface area contributed by atoms with Crippen LogP contribution in [-0.4, -0.2) is 36.0 Å². The van der Waals surface area contributed by atoms with Gasteiger partial charge in [-0.2, -0.15) is 0 Å². The zero-order valence-electron chi connectivity index (χ0n) is 16.5. The summed E-state index contributed by atoms with van der Waals surface area (Å²) in [5.41, 5.74) is 1.29. The predicted octanol–water partition coefficient (Wildman–Crippen LogP) is 3.42. The first-order valence-corrected chi connectivity index (χ1v) is 9.40. The Morgan fingerprint density at radius 2 is 1.93 bits per heavy atom. The SMILES string of the molecule is COc1ccc(-c2cnc(CCC(=O)NCCNc3ccccc3[N+](=O)[O-])o2)cc1. The lowest BCUT2D eigenvalue weighted by Gasteiger charge is -2.08. The molecule has 0 aliphatic heterocycles. The molecule has 0 unspecified atom stereocenters. The van der Waals surface area contributed by atoms with Crippen molar-refractivity contribution in [3.05, 3.63) is 70.7 Å². The maximum absolute atomic E-state index is 12.0. The van der Waals surface area contributed by atoms with Gasteiger partial charge in [0.15, 0.2) is 11.7 Å². The van der Waals surface area contributed by atoms with Gasteiger partial charge in [0.1, 0.15) is 11.4 Å². The fourth-order valence-electron chi connectivity index (χ4n) is 2.80. The Kier molecular flexibility index (Phi) is 6.99. The van der Waals surface area contributed by atoms with Gasteiger partial charge in [-0.05, 0) is 30.3 Å². The molecule has 9 heteroatoms. The second-order valence-electron chi connectivity index (χ2n) is 6.40. The van der Waals surface area contributed by atoms with Crippen molar-refractivity contribution >= 4 is 17.3 Å². The molecule has 156 valence electrons. The molecule has 1 amide bonds. The van der Waals surface area contributed by atoms with E-state index in [1.165, 1.54) is 6.07 Å². The normalized spacial score (nSPS) is 10.4. The Bertz CT molecular complexity index is 1000. The van der Waals surface area contributed by atoms with E-state index in [0.29, 0.717) is 36.8 Å². The third-order valence-electron chi connectivity index (χ3n) is 4.36. The third-order valence-corrected chi connectivity index (χ3v) is 4.36. The fraction of sp³-hybridized carbons (Fsp3) is 0.238. The van der Waals surface area contributed by atoms with Gasteiger partial charge in [0.05, 0.1) is 18.2 Å². The highest BCUT2D eigenvalue weighted by molar-refractivity contribution is 5.76. The maximum atomic E-state index is 12.0. The van der Waals surface area contributed by atoms with Crippen LogP contribution in [0.2, 0.25) is 0 Å². The Morgan fingerprint density at radius 1 is 1.17 bits per heavy atom. The van der Waals surface area contributed by atoms with Crippen LogP contribution in [0.3, 0.4) is 0 Å². The third kappa shape index (κ3) is 5.57. The number of aromatic nitrogens is 1. The number of hydrogen-bond donors (Lipinski definition) is 2. The van der Waals surface area contributed by atoms with Crippen molar-refractivity contribution in [1.29, 1.82) is 0 Å². The molecular formula is C21H22N4O5. The van der Waals surface area contributed by atoms with E-state index >= 15 is 0 Å². The molecule has 2 N–H and O–H groups in total. The summed E-state index contributed by atoms with van der Waals surface area (Å²) in [7, 11) is 1.61. The number of aryl methyl sites for hydroxylation is 1. The highest BCUT2D eigenvalue weighted by atomic mass is 16.6. The molecule has 1 heterocycles. The first kappa shape index (κ1) is 20.8. The van der Waals surface area contributed by atoms with Crippen LogP contribution in [0.15, 0.2) is 59.1 Å². The number of rotatable bonds is 10. The van der Waals surface area contributed by atoms with Gasteiger partial charge in [-0.15, -0.1) is 0 Å². The number of ether oxygens (including phenoxy) is 1. The topological polar surface area (TPSA) is 120 Å². The second kappa shape index (κ2) is 10.1. The number of nitrogens with zero attached hydrogens (tertiary/aromatic N) is 2. The Hall–Kier alpha value is -3.88. The molecule has 30 heavy (non-hydrogen) atoms. The minimum Gasteiger partial charge on any atom is -0.497 e. The number of carbonyl (C=O) groups is 1. The molecule has 0 atom stereocenters. The van der Waals surface area contributed by atoms with Gasteiger partial charge in [0.25, 0.3) is 5.69 Å². The number of hydrogen-bond acceptors (Lipinski definition) is 7. The predicted molar refractivity (Wildman–Crippen MR) is 111 cm³/mol. The number of anilines is 1. The summed E-state index contributed by atoms with van der Waals surface area (Å²) < 4.78 is 10.8. The van der Waals surface area contributed by atoms with Gasteiger partial charge in [-0.25, -0.2) is 4.98 Å². The van der Waals surface area contributed by atoms with Crippen LogP contribution in [0.5, 0.6) is 5.75 Å². The van der Waals surface area contributed by atoms with Crippen LogP contribution in [0.25, 0.3) is 11.3 Å². The van der Waals surface area contributed by atoms with Crippen molar-refractivity contribution in [1.82, 2.24) is 10.3 Å². The van der Waals surface area contributed by atoms with Crippen LogP contribution in [0.4, 0.5) is 11.4 Å². The average molecular weight is 410 g/mol. The molecule has 1 aromatic heterocycles. The molecule has 0 aliphatic rings. The number of nitrogens with one attached hydrogen (secondary N) is 2. The van der Waals surface area contributed by atoms with Gasteiger partial charge in [-0.3, -0.25) is 14.9 Å². The molecular weight excluding hydrogens is 388 g/mol. The molecule has 9 nitrogen and oxygen atoms in total. The lowest BCUT2D eigenvalue weighted by molar-refractivity contribution is -0.384. The molecule has 0 saturated carbocycles. The van der Waals surface area contributed by atoms with Crippen molar-refractivity contribution in [3.8, 4) is 17.1 Å². The molecule has 0 radical (unpaired) electrons. The van der Waals surface area contributed by atoms with Gasteiger partial charge in [-0.1, -0.05) is 12.1 Å². The number of methoxy groups -OCH3 is 1. The number of carbonyl (C=O) groups excluding carboxylic acids is 1. The summed E-state index contributed by atoms with van der Waals surface area (Å²) in [5, 5.41) is 16.7. The van der Waals surface area contributed by atoms with E-state index < -0.39 is 4.92 Å². The van der Waals surface area contributed by atoms with Gasteiger partial charge in [0, 0.05) is 37.6 Å². The molecule has 0 bridgehead atoms. The average Bonchev–Trinajstić information content (AvgIpc) is 3.24. The molecule has 0 aliphatic carbocycles. The zero-order chi connectivity index (χ0) is 21.3. The lowest BCUT2D eigenvalue weighted by atomic mass is 10.2. The lowest BCUT2D eigenvalue weighted by Crippen LogP contribution is -2.29. The summed E-state index contributed by atoms with van der Waals surface area (Å²) >= 11 is 0. The van der Waals surface area contributed by atoms with E-state index in [4.69, 9.17) is 9.15 Å². The summed E-state index contributed by atoms with van der Waals surface area (Å²) in [6.07, 6.45) is 2.24. The number of nitro groups is 1. The summed E-state index contributed by atoms with van der Waals surface area (Å²) in [5.74, 6) is 1.71. The number of amides is 1. The van der Waals surface area contributed by atoms with Crippen LogP contribution in [0, 0.1) is 10.1 Å². The quantitative estimate of drug-likeness (QED) is 0.298. The number of nitro benzene ring substituents is 1. The maximum Gasteiger partial charge on any atom is 0.292 e. The largest absolute Gasteiger partial charge is 0.497 e. The number of para-hydroxylation sites is 2. The van der Waals surface area contributed by atoms with Crippen LogP contribution in [0.1, 0.15) is 12.3 Å². The molecule has 3 aromatic rings. The highest BCUT2D eigenvalue weighted by Gasteiger charge is 2.12. The second-order valence-corrected chi connectivity index (χ2v) is 6.40. The monoisotopic (exact) mass is 410 g/mol. The minimum atomic E-state index is -0.447. The highest BCUT2D eigenvalue weighted by Crippen LogP contribution is 2.24. The molecule has 0 fully saturated rings. The first-order valence-electron chi connectivity index (χ1n) is 9.40. The summed E-state index contributed by atoms with van der Waals surface area (Å²) in [4.78, 5) is 26.8. The van der Waals surface area contributed by atoms with Gasteiger partial charge in [0.2, 0.25) is 5.91 Å². The first-order chi connectivity index (χ1) is 14.6. The Labute approximate surface area is 173 Å². The van der Waals surface area contributed by atoms with Crippen molar-refractivity contribution in [3.63, 3.8) is 0 Å². The standard InChI is InChI=1S/C21H22N4O5/c1-29-16-8-6-15(7-9-16)19-14-24-21(30-19)11-10-20(26)23-13-12-22-17-4-2-3-5-18(17)25(27)28/h2-9,14,22H,10-13H2,1H3,(H,23,26). The van der Waals surface area contributed by atoms with Crippen LogP contribution < -0.4 is 15.4 Å². The van der Waals surface area contributed by atoms with E-state index in [1.54, 1.807) is 31.5 Å². The minimum absolute atomic E-state index is 0.000356. The van der Waals surface area contributed by atoms with Gasteiger partial charge >= 0.3 is 0 Å². The van der Waals surface area contributed by atoms with E-state index in [2.05, 4.69) is 15.6 Å². The van der Waals surface area contributed by atoms with E-state index in [9.17, 15) is 14.9 Å². The van der Waals surface area contributed by atoms with E-state index in [-0.39, 0.29) is 18.0 Å². The van der Waals surface area contributed by atoms with E-state index in [1.807, 2.05) is 24.3 Å². The van der Waals surface area contributed by atoms with Crippen molar-refractivity contribution < 1.29 is 18.9 Å². The van der Waals surface area contributed by atoms with Crippen molar-refractivity contribution in [2.24, 2.45) is 0 Å². The van der Waals surface area contributed by atoms with Crippen LogP contribution in [-0.2, 0) is 11.2 Å². The Balaban J connectivity index is 1.41. The molecule has 0 saturated heterocycles. The molecule has 3 rings (SSSR count). The van der Waals surface area contributed by atoms with Crippen molar-refractivity contribution in [2.75, 3.05) is 25.5 Å². The summed E-state index contributed by atoms with van der Waals surface area (Å²) in [6, 6.07) is 13.8. The van der Waals surface area contributed by atoms with Gasteiger partial charge < -0.3 is 19.8 Å². The summed E-state index contributed by atoms with van der Waals surface area (Å²) in [6.45, 7) is 0.713. The smallest absolute Gasteiger partial charge is 0.292 e.